The van der Waals surface area contributed by atoms with Crippen molar-refractivity contribution in [3.63, 3.8) is 0 Å². The summed E-state index contributed by atoms with van der Waals surface area (Å²) in [5, 5.41) is 1.47. The molecule has 0 saturated carbocycles. The number of carbonyl (C=O) groups is 1. The third-order valence-electron chi connectivity index (χ3n) is 7.65. The number of hydrogen-bond donors (Lipinski definition) is 0. The lowest BCUT2D eigenvalue weighted by atomic mass is 9.89. The highest BCUT2D eigenvalue weighted by atomic mass is 35.5. The number of hydrogen-bond acceptors (Lipinski definition) is 5. The second-order valence-electron chi connectivity index (χ2n) is 10.7. The van der Waals surface area contributed by atoms with Crippen LogP contribution in [-0.2, 0) is 24.1 Å². The van der Waals surface area contributed by atoms with Crippen LogP contribution < -0.4 is 10.3 Å². The first kappa shape index (κ1) is 30.5. The number of aromatic nitrogens is 3. The third kappa shape index (κ3) is 7.89. The summed E-state index contributed by atoms with van der Waals surface area (Å²) in [4.78, 5) is 36.2. The summed E-state index contributed by atoms with van der Waals surface area (Å²) in [5.41, 5.74) is 3.29. The number of para-hydroxylation sites is 1. The van der Waals surface area contributed by atoms with Crippen LogP contribution in [0.3, 0.4) is 0 Å². The number of methoxy groups -OCH3 is 1. The van der Waals surface area contributed by atoms with Crippen molar-refractivity contribution in [3.8, 4) is 11.4 Å². The molecule has 220 valence electrons. The zero-order valence-electron chi connectivity index (χ0n) is 24.0. The van der Waals surface area contributed by atoms with Crippen LogP contribution in [0.25, 0.3) is 16.6 Å². The lowest BCUT2D eigenvalue weighted by Gasteiger charge is -2.19. The van der Waals surface area contributed by atoms with E-state index in [1.54, 1.807) is 36.1 Å². The number of ketones is 1. The Balaban J connectivity index is 1.39. The van der Waals surface area contributed by atoms with Crippen LogP contribution in [0.5, 0.6) is 5.75 Å². The molecular weight excluding hydrogens is 581 g/mol. The summed E-state index contributed by atoms with van der Waals surface area (Å²) in [6.07, 6.45) is 8.30. The molecule has 0 saturated heterocycles. The molecule has 5 aromatic rings. The smallest absolute Gasteiger partial charge is 0.265 e. The number of fused-ring (bicyclic) bond motifs is 1. The Labute approximate surface area is 261 Å². The van der Waals surface area contributed by atoms with E-state index in [1.807, 2.05) is 60.8 Å². The van der Waals surface area contributed by atoms with Gasteiger partial charge < -0.3 is 4.74 Å². The van der Waals surface area contributed by atoms with Crippen LogP contribution in [0.1, 0.15) is 42.6 Å². The quantitative estimate of drug-likeness (QED) is 0.135. The third-order valence-corrected chi connectivity index (χ3v) is 8.39. The Bertz CT molecular complexity index is 1760. The highest BCUT2D eigenvalue weighted by Crippen LogP contribution is 2.26. The maximum Gasteiger partial charge on any atom is 0.265 e. The van der Waals surface area contributed by atoms with E-state index in [4.69, 9.17) is 32.9 Å². The van der Waals surface area contributed by atoms with Crippen molar-refractivity contribution in [1.82, 2.24) is 14.5 Å². The molecule has 0 aliphatic rings. The molecule has 2 aromatic heterocycles. The Kier molecular flexibility index (Phi) is 10.2. The van der Waals surface area contributed by atoms with Crippen LogP contribution in [0.4, 0.5) is 0 Å². The van der Waals surface area contributed by atoms with Crippen molar-refractivity contribution in [1.29, 1.82) is 0 Å². The van der Waals surface area contributed by atoms with E-state index >= 15 is 0 Å². The number of benzene rings is 3. The van der Waals surface area contributed by atoms with Crippen LogP contribution in [0.2, 0.25) is 10.0 Å². The van der Waals surface area contributed by atoms with Gasteiger partial charge >= 0.3 is 0 Å². The second-order valence-corrected chi connectivity index (χ2v) is 11.5. The average Bonchev–Trinajstić information content (AvgIpc) is 3.02. The molecule has 0 bridgehead atoms. The van der Waals surface area contributed by atoms with Gasteiger partial charge in [-0.05, 0) is 97.3 Å². The molecular formula is C35H33Cl2N3O3. The maximum absolute atomic E-state index is 13.7. The summed E-state index contributed by atoms with van der Waals surface area (Å²) in [7, 11) is 1.61. The molecule has 0 amide bonds. The molecule has 0 radical (unpaired) electrons. The minimum absolute atomic E-state index is 0.111. The predicted molar refractivity (Wildman–Crippen MR) is 173 cm³/mol. The van der Waals surface area contributed by atoms with Crippen LogP contribution in [0.15, 0.2) is 96.1 Å². The fourth-order valence-corrected chi connectivity index (χ4v) is 5.76. The summed E-state index contributed by atoms with van der Waals surface area (Å²) < 4.78 is 7.01. The van der Waals surface area contributed by atoms with Gasteiger partial charge in [0.2, 0.25) is 0 Å². The van der Waals surface area contributed by atoms with Gasteiger partial charge in [-0.25, -0.2) is 4.98 Å². The molecule has 5 rings (SSSR count). The number of Topliss-reactive ketones (excluding diaryl/α,β-unsaturated/α-hetero) is 1. The van der Waals surface area contributed by atoms with Crippen molar-refractivity contribution < 1.29 is 9.53 Å². The summed E-state index contributed by atoms with van der Waals surface area (Å²) in [5.74, 6) is 1.63. The van der Waals surface area contributed by atoms with Gasteiger partial charge in [0.1, 0.15) is 17.4 Å². The lowest BCUT2D eigenvalue weighted by molar-refractivity contribution is -0.119. The fourth-order valence-electron chi connectivity index (χ4n) is 5.44. The van der Waals surface area contributed by atoms with E-state index in [2.05, 4.69) is 11.1 Å². The minimum atomic E-state index is -0.116. The summed E-state index contributed by atoms with van der Waals surface area (Å²) >= 11 is 12.3. The molecule has 6 nitrogen and oxygen atoms in total. The van der Waals surface area contributed by atoms with Crippen LogP contribution in [0, 0.1) is 5.92 Å². The molecule has 0 spiro atoms. The molecule has 8 heteroatoms. The van der Waals surface area contributed by atoms with Gasteiger partial charge in [-0.1, -0.05) is 47.5 Å². The van der Waals surface area contributed by atoms with E-state index in [0.29, 0.717) is 58.2 Å². The SMILES string of the molecule is COc1ccc(-n2c(CCC(CCCc3cccnc3)CC(=O)Cc3ccc(Cl)c(Cl)c3)nc3ccccc3c2=O)cc1. The van der Waals surface area contributed by atoms with Gasteiger partial charge in [0, 0.05) is 31.7 Å². The zero-order valence-corrected chi connectivity index (χ0v) is 25.5. The molecule has 0 aliphatic heterocycles. The van der Waals surface area contributed by atoms with E-state index in [1.165, 1.54) is 5.56 Å². The maximum atomic E-state index is 13.7. The molecule has 1 atom stereocenters. The number of halogens is 2. The van der Waals surface area contributed by atoms with E-state index < -0.39 is 0 Å². The number of nitrogens with zero attached hydrogens (tertiary/aromatic N) is 3. The first-order valence-corrected chi connectivity index (χ1v) is 15.2. The Morgan fingerprint density at radius 2 is 1.72 bits per heavy atom. The Hall–Kier alpha value is -4.00. The van der Waals surface area contributed by atoms with Crippen molar-refractivity contribution in [3.05, 3.63) is 129 Å². The van der Waals surface area contributed by atoms with Crippen molar-refractivity contribution >= 4 is 39.9 Å². The average molecular weight is 615 g/mol. The van der Waals surface area contributed by atoms with E-state index in [9.17, 15) is 9.59 Å². The van der Waals surface area contributed by atoms with Crippen molar-refractivity contribution in [2.24, 2.45) is 5.92 Å². The van der Waals surface area contributed by atoms with Gasteiger partial charge in [-0.3, -0.25) is 19.1 Å². The first-order chi connectivity index (χ1) is 20.9. The Morgan fingerprint density at radius 1 is 0.907 bits per heavy atom. The summed E-state index contributed by atoms with van der Waals surface area (Å²) in [6.45, 7) is 0. The molecule has 0 N–H and O–H groups in total. The Morgan fingerprint density at radius 3 is 2.47 bits per heavy atom. The molecule has 43 heavy (non-hydrogen) atoms. The fraction of sp³-hybridized carbons (Fsp3) is 0.257. The predicted octanol–water partition coefficient (Wildman–Crippen LogP) is 7.87. The highest BCUT2D eigenvalue weighted by molar-refractivity contribution is 6.42. The molecule has 0 fully saturated rings. The van der Waals surface area contributed by atoms with Crippen molar-refractivity contribution in [2.75, 3.05) is 7.11 Å². The van der Waals surface area contributed by atoms with Gasteiger partial charge in [-0.15, -0.1) is 0 Å². The molecule has 2 heterocycles. The van der Waals surface area contributed by atoms with Crippen molar-refractivity contribution in [2.45, 2.75) is 44.9 Å². The van der Waals surface area contributed by atoms with Gasteiger partial charge in [-0.2, -0.15) is 0 Å². The number of carbonyl (C=O) groups excluding carboxylic acids is 1. The zero-order chi connectivity index (χ0) is 30.2. The molecule has 0 aliphatic carbocycles. The monoisotopic (exact) mass is 613 g/mol. The molecule has 1 unspecified atom stereocenters. The summed E-state index contributed by atoms with van der Waals surface area (Å²) in [6, 6.07) is 24.2. The largest absolute Gasteiger partial charge is 0.497 e. The number of pyridine rings is 1. The van der Waals surface area contributed by atoms with Crippen LogP contribution in [-0.4, -0.2) is 27.4 Å². The number of ether oxygens (including phenoxy) is 1. The lowest BCUT2D eigenvalue weighted by Crippen LogP contribution is -2.24. The molecule has 3 aromatic carbocycles. The number of rotatable bonds is 13. The first-order valence-electron chi connectivity index (χ1n) is 14.4. The van der Waals surface area contributed by atoms with Crippen LogP contribution >= 0.6 is 23.2 Å². The topological polar surface area (TPSA) is 74.1 Å². The van der Waals surface area contributed by atoms with Gasteiger partial charge in [0.25, 0.3) is 5.56 Å². The van der Waals surface area contributed by atoms with E-state index in [-0.39, 0.29) is 17.3 Å². The van der Waals surface area contributed by atoms with E-state index in [0.717, 1.165) is 30.5 Å². The van der Waals surface area contributed by atoms with Gasteiger partial charge in [0.05, 0.1) is 33.7 Å². The minimum Gasteiger partial charge on any atom is -0.497 e. The number of aryl methyl sites for hydroxylation is 2. The normalized spacial score (nSPS) is 11.9. The standard InChI is InChI=1S/C35H33Cl2N3O3/c1-43-29-15-13-27(14-16-29)40-34(39-33-10-3-2-9-30(33)35(40)42)18-12-24(6-4-7-25-8-5-19-38-23-25)20-28(41)21-26-11-17-31(36)32(37)22-26/h2-3,5,8-11,13-17,19,22-24H,4,6-7,12,18,20-21H2,1H3. The highest BCUT2D eigenvalue weighted by Gasteiger charge is 2.19. The van der Waals surface area contributed by atoms with Gasteiger partial charge in [0.15, 0.2) is 0 Å². The second kappa shape index (κ2) is 14.5.